The van der Waals surface area contributed by atoms with Crippen LogP contribution in [0.1, 0.15) is 16.2 Å². The summed E-state index contributed by atoms with van der Waals surface area (Å²) in [5.41, 5.74) is 2.27. The largest absolute Gasteiger partial charge is 0.361 e. The number of rotatable bonds is 4. The first-order chi connectivity index (χ1) is 11.3. The lowest BCUT2D eigenvalue weighted by Crippen LogP contribution is -2.26. The fraction of sp³-hybridized carbons (Fsp3) is 0.125. The predicted molar refractivity (Wildman–Crippen MR) is 85.1 cm³/mol. The second-order valence-electron chi connectivity index (χ2n) is 5.17. The fourth-order valence-corrected chi connectivity index (χ4v) is 2.56. The summed E-state index contributed by atoms with van der Waals surface area (Å²) in [4.78, 5) is 23.5. The molecule has 3 heterocycles. The Balaban J connectivity index is 1.43. The van der Waals surface area contributed by atoms with Gasteiger partial charge in [-0.2, -0.15) is 4.98 Å². The summed E-state index contributed by atoms with van der Waals surface area (Å²) < 4.78 is 1.48. The van der Waals surface area contributed by atoms with Gasteiger partial charge in [-0.15, -0.1) is 5.10 Å². The van der Waals surface area contributed by atoms with Crippen molar-refractivity contribution >= 4 is 22.6 Å². The number of nitrogens with one attached hydrogen (secondary N) is 2. The fourth-order valence-electron chi connectivity index (χ4n) is 2.56. The Morgan fingerprint density at radius 2 is 2.17 bits per heavy atom. The molecule has 0 radical (unpaired) electrons. The number of fused-ring (bicyclic) bond motifs is 2. The lowest BCUT2D eigenvalue weighted by atomic mass is 10.1. The van der Waals surface area contributed by atoms with Crippen molar-refractivity contribution in [1.29, 1.82) is 0 Å². The summed E-state index contributed by atoms with van der Waals surface area (Å²) in [6.07, 6.45) is 6.03. The van der Waals surface area contributed by atoms with Crippen molar-refractivity contribution in [3.8, 4) is 0 Å². The van der Waals surface area contributed by atoms with E-state index >= 15 is 0 Å². The molecule has 0 bridgehead atoms. The van der Waals surface area contributed by atoms with E-state index in [0.29, 0.717) is 12.3 Å². The van der Waals surface area contributed by atoms with Crippen LogP contribution in [-0.4, -0.2) is 37.0 Å². The zero-order valence-corrected chi connectivity index (χ0v) is 12.2. The molecule has 0 atom stereocenters. The number of nitrogens with zero attached hydrogens (tertiary/aromatic N) is 4. The van der Waals surface area contributed by atoms with Gasteiger partial charge in [0.2, 0.25) is 5.82 Å². The Labute approximate surface area is 131 Å². The van der Waals surface area contributed by atoms with Crippen LogP contribution in [-0.2, 0) is 6.42 Å². The lowest BCUT2D eigenvalue weighted by molar-refractivity contribution is 0.0944. The minimum atomic E-state index is -0.296. The van der Waals surface area contributed by atoms with Crippen molar-refractivity contribution < 1.29 is 4.79 Å². The van der Waals surface area contributed by atoms with Crippen molar-refractivity contribution in [3.63, 3.8) is 0 Å². The van der Waals surface area contributed by atoms with Gasteiger partial charge in [0.05, 0.1) is 0 Å². The van der Waals surface area contributed by atoms with E-state index in [2.05, 4.69) is 31.4 Å². The zero-order valence-electron chi connectivity index (χ0n) is 12.2. The summed E-state index contributed by atoms with van der Waals surface area (Å²) in [5.74, 6) is 0.243. The Morgan fingerprint density at radius 3 is 3.09 bits per heavy atom. The molecule has 7 nitrogen and oxygen atoms in total. The third kappa shape index (κ3) is 2.52. The molecule has 0 saturated heterocycles. The smallest absolute Gasteiger partial charge is 0.291 e. The Morgan fingerprint density at radius 1 is 1.26 bits per heavy atom. The number of para-hydroxylation sites is 1. The van der Waals surface area contributed by atoms with Gasteiger partial charge in [0.25, 0.3) is 11.7 Å². The molecular weight excluding hydrogens is 292 g/mol. The van der Waals surface area contributed by atoms with Crippen molar-refractivity contribution in [3.05, 3.63) is 60.3 Å². The summed E-state index contributed by atoms with van der Waals surface area (Å²) in [7, 11) is 0. The van der Waals surface area contributed by atoms with Gasteiger partial charge in [-0.05, 0) is 24.1 Å². The van der Waals surface area contributed by atoms with Gasteiger partial charge < -0.3 is 10.3 Å². The monoisotopic (exact) mass is 306 g/mol. The van der Waals surface area contributed by atoms with E-state index in [1.807, 2.05) is 24.4 Å². The van der Waals surface area contributed by atoms with Gasteiger partial charge in [0.15, 0.2) is 0 Å². The first-order valence-corrected chi connectivity index (χ1v) is 7.32. The SMILES string of the molecule is O=C(NCCc1c[nH]c2ccccc12)c1nc2ncccn2n1. The third-order valence-electron chi connectivity index (χ3n) is 3.67. The van der Waals surface area contributed by atoms with E-state index in [1.165, 1.54) is 15.5 Å². The molecular formula is C16H14N6O. The first kappa shape index (κ1) is 13.4. The second-order valence-corrected chi connectivity index (χ2v) is 5.17. The maximum atomic E-state index is 12.1. The van der Waals surface area contributed by atoms with Crippen LogP contribution < -0.4 is 5.32 Å². The highest BCUT2D eigenvalue weighted by molar-refractivity contribution is 5.90. The van der Waals surface area contributed by atoms with Crippen molar-refractivity contribution in [1.82, 2.24) is 29.9 Å². The summed E-state index contributed by atoms with van der Waals surface area (Å²) >= 11 is 0. The lowest BCUT2D eigenvalue weighted by Gasteiger charge is -2.01. The van der Waals surface area contributed by atoms with E-state index in [0.717, 1.165) is 11.9 Å². The molecule has 1 amide bonds. The van der Waals surface area contributed by atoms with Crippen LogP contribution in [0, 0.1) is 0 Å². The third-order valence-corrected chi connectivity index (χ3v) is 3.67. The highest BCUT2D eigenvalue weighted by Crippen LogP contribution is 2.17. The molecule has 114 valence electrons. The zero-order chi connectivity index (χ0) is 15.6. The van der Waals surface area contributed by atoms with Crippen LogP contribution in [0.3, 0.4) is 0 Å². The average Bonchev–Trinajstić information content (AvgIpc) is 3.19. The summed E-state index contributed by atoms with van der Waals surface area (Å²) in [6, 6.07) is 9.84. The Hall–Kier alpha value is -3.22. The molecule has 0 aliphatic carbocycles. The number of hydrogen-bond acceptors (Lipinski definition) is 4. The number of hydrogen-bond donors (Lipinski definition) is 2. The van der Waals surface area contributed by atoms with Crippen molar-refractivity contribution in [2.24, 2.45) is 0 Å². The topological polar surface area (TPSA) is 88.0 Å². The van der Waals surface area contributed by atoms with E-state index in [9.17, 15) is 4.79 Å². The van der Waals surface area contributed by atoms with Crippen LogP contribution in [0.2, 0.25) is 0 Å². The molecule has 2 N–H and O–H groups in total. The Kier molecular flexibility index (Phi) is 3.23. The van der Waals surface area contributed by atoms with Gasteiger partial charge in [0.1, 0.15) is 0 Å². The molecule has 0 saturated carbocycles. The minimum Gasteiger partial charge on any atom is -0.361 e. The molecule has 4 rings (SSSR count). The number of amides is 1. The molecule has 23 heavy (non-hydrogen) atoms. The van der Waals surface area contributed by atoms with Crippen LogP contribution in [0.15, 0.2) is 48.9 Å². The van der Waals surface area contributed by atoms with Gasteiger partial charge in [-0.1, -0.05) is 18.2 Å². The van der Waals surface area contributed by atoms with E-state index in [-0.39, 0.29) is 11.7 Å². The van der Waals surface area contributed by atoms with Crippen LogP contribution in [0.5, 0.6) is 0 Å². The average molecular weight is 306 g/mol. The molecule has 7 heteroatoms. The van der Waals surface area contributed by atoms with Crippen LogP contribution in [0.4, 0.5) is 0 Å². The quantitative estimate of drug-likeness (QED) is 0.599. The summed E-state index contributed by atoms with van der Waals surface area (Å²) in [5, 5.41) is 8.12. The highest BCUT2D eigenvalue weighted by atomic mass is 16.2. The van der Waals surface area contributed by atoms with Gasteiger partial charge >= 0.3 is 0 Å². The highest BCUT2D eigenvalue weighted by Gasteiger charge is 2.13. The molecule has 0 fully saturated rings. The van der Waals surface area contributed by atoms with E-state index in [4.69, 9.17) is 0 Å². The standard InChI is InChI=1S/C16H14N6O/c23-15(14-20-16-18-7-3-9-22(16)21-14)17-8-6-11-10-19-13-5-2-1-4-12(11)13/h1-5,7,9-10,19H,6,8H2,(H,17,23). The maximum absolute atomic E-state index is 12.1. The van der Waals surface area contributed by atoms with E-state index < -0.39 is 0 Å². The maximum Gasteiger partial charge on any atom is 0.291 e. The molecule has 0 aliphatic heterocycles. The number of benzene rings is 1. The number of aromatic nitrogens is 5. The normalized spacial score (nSPS) is 11.1. The molecule has 0 spiro atoms. The summed E-state index contributed by atoms with van der Waals surface area (Å²) in [6.45, 7) is 0.518. The van der Waals surface area contributed by atoms with Gasteiger partial charge in [0, 0.05) is 36.0 Å². The molecule has 3 aromatic heterocycles. The van der Waals surface area contributed by atoms with Gasteiger partial charge in [-0.3, -0.25) is 4.79 Å². The second kappa shape index (κ2) is 5.53. The number of H-pyrrole nitrogens is 1. The van der Waals surface area contributed by atoms with Crippen LogP contribution >= 0.6 is 0 Å². The number of carbonyl (C=O) groups is 1. The first-order valence-electron chi connectivity index (χ1n) is 7.32. The molecule has 0 aliphatic rings. The van der Waals surface area contributed by atoms with E-state index in [1.54, 1.807) is 18.5 Å². The molecule has 4 aromatic rings. The number of carbonyl (C=O) groups excluding carboxylic acids is 1. The molecule has 1 aromatic carbocycles. The number of aromatic amines is 1. The van der Waals surface area contributed by atoms with Crippen molar-refractivity contribution in [2.45, 2.75) is 6.42 Å². The molecule has 0 unspecified atom stereocenters. The van der Waals surface area contributed by atoms with Gasteiger partial charge in [-0.25, -0.2) is 9.50 Å². The minimum absolute atomic E-state index is 0.127. The Bertz CT molecular complexity index is 953. The van der Waals surface area contributed by atoms with Crippen LogP contribution in [0.25, 0.3) is 16.7 Å². The van der Waals surface area contributed by atoms with Crippen molar-refractivity contribution in [2.75, 3.05) is 6.54 Å². The predicted octanol–water partition coefficient (Wildman–Crippen LogP) is 1.58.